The summed E-state index contributed by atoms with van der Waals surface area (Å²) < 4.78 is 5.26. The second-order valence-electron chi connectivity index (χ2n) is 8.57. The molecule has 3 N–H and O–H groups in total. The predicted molar refractivity (Wildman–Crippen MR) is 120 cm³/mol. The number of rotatable bonds is 9. The molecule has 0 bridgehead atoms. The van der Waals surface area contributed by atoms with Gasteiger partial charge in [-0.15, -0.1) is 5.06 Å². The molecule has 0 radical (unpaired) electrons. The number of phenolic OH excluding ortho intramolecular Hbond substituents is 1. The minimum Gasteiger partial charge on any atom is -0.508 e. The summed E-state index contributed by atoms with van der Waals surface area (Å²) in [6.07, 6.45) is -0.915. The minimum absolute atomic E-state index is 0.0533. The van der Waals surface area contributed by atoms with Gasteiger partial charge in [0, 0.05) is 6.42 Å². The first kappa shape index (κ1) is 25.7. The summed E-state index contributed by atoms with van der Waals surface area (Å²) in [5.74, 6) is -1.78. The first-order chi connectivity index (χ1) is 15.4. The summed E-state index contributed by atoms with van der Waals surface area (Å²) in [5.41, 5.74) is 0.611. The van der Waals surface area contributed by atoms with E-state index in [0.717, 1.165) is 5.56 Å². The molecule has 0 aromatic heterocycles. The number of carbonyl (C=O) groups excluding carboxylic acids is 2. The maximum absolute atomic E-state index is 13.1. The van der Waals surface area contributed by atoms with Gasteiger partial charge in [0.1, 0.15) is 23.4 Å². The largest absolute Gasteiger partial charge is 0.528 e. The monoisotopic (exact) mass is 458 g/mol. The molecule has 0 saturated heterocycles. The summed E-state index contributed by atoms with van der Waals surface area (Å²) in [5, 5.41) is 22.4. The van der Waals surface area contributed by atoms with E-state index in [0.29, 0.717) is 5.56 Å². The van der Waals surface area contributed by atoms with Crippen molar-refractivity contribution in [2.24, 2.45) is 0 Å². The number of ether oxygens (including phenoxy) is 1. The Hall–Kier alpha value is -3.59. The number of carbonyl (C=O) groups is 3. The van der Waals surface area contributed by atoms with Gasteiger partial charge in [-0.2, -0.15) is 0 Å². The Labute approximate surface area is 192 Å². The zero-order chi connectivity index (χ0) is 24.6. The molecule has 0 heterocycles. The molecule has 2 rings (SSSR count). The molecule has 2 aromatic rings. The highest BCUT2D eigenvalue weighted by atomic mass is 16.8. The highest BCUT2D eigenvalue weighted by molar-refractivity contribution is 5.87. The molecule has 1 amide bonds. The molecule has 2 aromatic carbocycles. The van der Waals surface area contributed by atoms with Gasteiger partial charge >= 0.3 is 12.1 Å². The average Bonchev–Trinajstić information content (AvgIpc) is 2.72. The Morgan fingerprint density at radius 1 is 1.00 bits per heavy atom. The van der Waals surface area contributed by atoms with E-state index in [9.17, 15) is 24.6 Å². The van der Waals surface area contributed by atoms with Gasteiger partial charge in [0.05, 0.1) is 6.54 Å². The molecule has 0 spiro atoms. The number of amides is 1. The maximum Gasteiger partial charge on any atom is 0.528 e. The Morgan fingerprint density at radius 2 is 1.61 bits per heavy atom. The average molecular weight is 459 g/mol. The van der Waals surface area contributed by atoms with Crippen molar-refractivity contribution in [3.63, 3.8) is 0 Å². The summed E-state index contributed by atoms with van der Waals surface area (Å²) >= 11 is 0. The van der Waals surface area contributed by atoms with Crippen molar-refractivity contribution < 1.29 is 34.2 Å². The van der Waals surface area contributed by atoms with Crippen LogP contribution in [-0.2, 0) is 32.1 Å². The number of hydrogen-bond acceptors (Lipinski definition) is 7. The van der Waals surface area contributed by atoms with Gasteiger partial charge in [-0.05, 0) is 51.0 Å². The lowest BCUT2D eigenvalue weighted by Gasteiger charge is -2.30. The summed E-state index contributed by atoms with van der Waals surface area (Å²) in [4.78, 5) is 42.4. The molecular weight excluding hydrogens is 428 g/mol. The van der Waals surface area contributed by atoms with Crippen molar-refractivity contribution in [3.8, 4) is 5.75 Å². The number of aromatic hydroxyl groups is 1. The minimum atomic E-state index is -1.20. The molecule has 0 unspecified atom stereocenters. The van der Waals surface area contributed by atoms with Crippen LogP contribution < -0.4 is 5.32 Å². The van der Waals surface area contributed by atoms with Crippen LogP contribution in [0.3, 0.4) is 0 Å². The smallest absolute Gasteiger partial charge is 0.508 e. The Bertz CT molecular complexity index is 940. The fourth-order valence-corrected chi connectivity index (χ4v) is 2.89. The summed E-state index contributed by atoms with van der Waals surface area (Å²) in [6.45, 7) is 6.45. The van der Waals surface area contributed by atoms with E-state index in [-0.39, 0.29) is 18.7 Å². The number of nitrogens with one attached hydrogen (secondary N) is 1. The van der Waals surface area contributed by atoms with Crippen molar-refractivity contribution >= 4 is 18.0 Å². The quantitative estimate of drug-likeness (QED) is 0.386. The van der Waals surface area contributed by atoms with Crippen molar-refractivity contribution in [1.82, 2.24) is 10.4 Å². The van der Waals surface area contributed by atoms with Gasteiger partial charge in [0.15, 0.2) is 0 Å². The first-order valence-corrected chi connectivity index (χ1v) is 10.5. The Morgan fingerprint density at radius 3 is 2.15 bits per heavy atom. The highest BCUT2D eigenvalue weighted by Crippen LogP contribution is 2.19. The molecule has 0 fully saturated rings. The molecule has 33 heavy (non-hydrogen) atoms. The fourth-order valence-electron chi connectivity index (χ4n) is 2.89. The summed E-state index contributed by atoms with van der Waals surface area (Å²) in [7, 11) is 0. The van der Waals surface area contributed by atoms with Gasteiger partial charge < -0.3 is 25.1 Å². The topological polar surface area (TPSA) is 125 Å². The third-order valence-corrected chi connectivity index (χ3v) is 4.51. The van der Waals surface area contributed by atoms with Crippen LogP contribution in [0.1, 0.15) is 38.8 Å². The van der Waals surface area contributed by atoms with E-state index in [1.807, 2.05) is 18.2 Å². The lowest BCUT2D eigenvalue weighted by Crippen LogP contribution is -2.52. The van der Waals surface area contributed by atoms with Crippen LogP contribution in [0.15, 0.2) is 54.6 Å². The van der Waals surface area contributed by atoms with Crippen molar-refractivity contribution in [1.29, 1.82) is 0 Å². The number of hydroxylamine groups is 2. The standard InChI is InChI=1S/C24H30N2O7/c1-16(22(29)30)25-21(28)20(14-17-10-12-19(27)13-11-17)26(15-18-8-6-5-7-9-18)33-23(31)32-24(2,3)4/h5-13,16,20,27H,14-15H2,1-4H3,(H,25,28)(H,29,30)/t16-,20+/m1/s1. The van der Waals surface area contributed by atoms with Gasteiger partial charge in [0.2, 0.25) is 5.91 Å². The van der Waals surface area contributed by atoms with Crippen molar-refractivity contribution in [2.75, 3.05) is 0 Å². The molecule has 178 valence electrons. The zero-order valence-electron chi connectivity index (χ0n) is 19.1. The lowest BCUT2D eigenvalue weighted by molar-refractivity contribution is -0.180. The first-order valence-electron chi connectivity index (χ1n) is 10.5. The van der Waals surface area contributed by atoms with Gasteiger partial charge in [-0.1, -0.05) is 42.5 Å². The van der Waals surface area contributed by atoms with Crippen LogP contribution in [-0.4, -0.2) is 51.0 Å². The van der Waals surface area contributed by atoms with Gasteiger partial charge in [-0.3, -0.25) is 9.59 Å². The second kappa shape index (κ2) is 11.3. The van der Waals surface area contributed by atoms with E-state index < -0.39 is 35.7 Å². The number of nitrogens with zero attached hydrogens (tertiary/aromatic N) is 1. The van der Waals surface area contributed by atoms with Crippen molar-refractivity contribution in [2.45, 2.75) is 58.3 Å². The molecule has 9 heteroatoms. The van der Waals surface area contributed by atoms with E-state index in [1.54, 1.807) is 45.0 Å². The molecule has 0 saturated carbocycles. The molecule has 0 aliphatic heterocycles. The third-order valence-electron chi connectivity index (χ3n) is 4.51. The highest BCUT2D eigenvalue weighted by Gasteiger charge is 2.33. The van der Waals surface area contributed by atoms with Gasteiger partial charge in [-0.25, -0.2) is 4.79 Å². The molecule has 2 atom stereocenters. The lowest BCUT2D eigenvalue weighted by atomic mass is 10.0. The van der Waals surface area contributed by atoms with Crippen LogP contribution in [0.2, 0.25) is 0 Å². The van der Waals surface area contributed by atoms with Crippen LogP contribution >= 0.6 is 0 Å². The van der Waals surface area contributed by atoms with E-state index in [1.165, 1.54) is 24.1 Å². The normalized spacial score (nSPS) is 13.1. The van der Waals surface area contributed by atoms with Crippen LogP contribution in [0.4, 0.5) is 4.79 Å². The Kier molecular flexibility index (Phi) is 8.81. The molecule has 0 aliphatic rings. The number of aliphatic carboxylic acids is 1. The number of carboxylic acid groups (broad SMARTS) is 1. The molecular formula is C24H30N2O7. The third kappa shape index (κ3) is 8.82. The van der Waals surface area contributed by atoms with Crippen LogP contribution in [0.5, 0.6) is 5.75 Å². The summed E-state index contributed by atoms with van der Waals surface area (Å²) in [6, 6.07) is 13.0. The number of hydrogen-bond donors (Lipinski definition) is 3. The zero-order valence-corrected chi connectivity index (χ0v) is 19.1. The number of benzene rings is 2. The van der Waals surface area contributed by atoms with E-state index in [2.05, 4.69) is 5.32 Å². The van der Waals surface area contributed by atoms with Crippen LogP contribution in [0, 0.1) is 0 Å². The number of carboxylic acids is 1. The van der Waals surface area contributed by atoms with Gasteiger partial charge in [0.25, 0.3) is 0 Å². The fraction of sp³-hybridized carbons (Fsp3) is 0.375. The second-order valence-corrected chi connectivity index (χ2v) is 8.57. The van der Waals surface area contributed by atoms with Crippen molar-refractivity contribution in [3.05, 3.63) is 65.7 Å². The SMILES string of the molecule is C[C@@H](NC(=O)[C@H](Cc1ccc(O)cc1)N(Cc1ccccc1)OC(=O)OC(C)(C)C)C(=O)O. The predicted octanol–water partition coefficient (Wildman–Crippen LogP) is 3.26. The number of phenols is 1. The van der Waals surface area contributed by atoms with Crippen LogP contribution in [0.25, 0.3) is 0 Å². The Balaban J connectivity index is 2.39. The molecule has 9 nitrogen and oxygen atoms in total. The van der Waals surface area contributed by atoms with E-state index in [4.69, 9.17) is 9.57 Å². The van der Waals surface area contributed by atoms with E-state index >= 15 is 0 Å². The molecule has 0 aliphatic carbocycles. The maximum atomic E-state index is 13.1.